The predicted octanol–water partition coefficient (Wildman–Crippen LogP) is 2.42. The van der Waals surface area contributed by atoms with Gasteiger partial charge in [-0.05, 0) is 13.0 Å². The molecule has 1 N–H and O–H groups in total. The Bertz CT molecular complexity index is 540. The van der Waals surface area contributed by atoms with Crippen molar-refractivity contribution in [1.29, 1.82) is 0 Å². The number of aromatic carboxylic acids is 1. The fourth-order valence-electron chi connectivity index (χ4n) is 1.83. The molecule has 0 aliphatic heterocycles. The van der Waals surface area contributed by atoms with Crippen molar-refractivity contribution in [3.8, 4) is 11.3 Å². The summed E-state index contributed by atoms with van der Waals surface area (Å²) in [5.41, 5.74) is 1.70. The third-order valence-electron chi connectivity index (χ3n) is 2.63. The molecular weight excluding hydrogens is 220 g/mol. The second-order valence-electron chi connectivity index (χ2n) is 3.64. The zero-order valence-corrected chi connectivity index (χ0v) is 9.80. The van der Waals surface area contributed by atoms with Crippen LogP contribution in [0.5, 0.6) is 0 Å². The van der Waals surface area contributed by atoms with Gasteiger partial charge in [-0.25, -0.2) is 4.79 Å². The summed E-state index contributed by atoms with van der Waals surface area (Å²) in [6.07, 6.45) is 2.35. The van der Waals surface area contributed by atoms with Crippen LogP contribution in [0.25, 0.3) is 11.3 Å². The molecule has 0 aliphatic rings. The van der Waals surface area contributed by atoms with Crippen LogP contribution >= 0.6 is 0 Å². The first-order chi connectivity index (χ1) is 8.17. The van der Waals surface area contributed by atoms with Crippen molar-refractivity contribution in [2.24, 2.45) is 0 Å². The van der Waals surface area contributed by atoms with E-state index in [1.165, 1.54) is 0 Å². The Hall–Kier alpha value is -2.04. The van der Waals surface area contributed by atoms with Crippen LogP contribution < -0.4 is 0 Å². The minimum Gasteiger partial charge on any atom is -0.475 e. The second-order valence-corrected chi connectivity index (χ2v) is 3.64. The van der Waals surface area contributed by atoms with Gasteiger partial charge in [0.1, 0.15) is 5.76 Å². The molecule has 2 aromatic heterocycles. The second kappa shape index (κ2) is 4.45. The molecule has 0 saturated heterocycles. The Labute approximate surface area is 98.7 Å². The van der Waals surface area contributed by atoms with Crippen molar-refractivity contribution >= 4 is 5.97 Å². The van der Waals surface area contributed by atoms with Gasteiger partial charge in [-0.15, -0.1) is 0 Å². The van der Waals surface area contributed by atoms with Gasteiger partial charge in [-0.1, -0.05) is 6.92 Å². The number of aromatic nitrogens is 2. The van der Waals surface area contributed by atoms with E-state index in [1.807, 2.05) is 24.6 Å². The fraction of sp³-hybridized carbons (Fsp3) is 0.333. The van der Waals surface area contributed by atoms with Crippen LogP contribution in [0.15, 0.2) is 22.7 Å². The standard InChI is InChI=1S/C12H14N2O3/c1-3-10-8(7-11(17-10)12(15)16)9-5-6-13-14(9)4-2/h5-7H,3-4H2,1-2H3,(H,15,16). The lowest BCUT2D eigenvalue weighted by Gasteiger charge is -2.03. The normalized spacial score (nSPS) is 10.7. The minimum atomic E-state index is -1.05. The lowest BCUT2D eigenvalue weighted by molar-refractivity contribution is 0.0660. The van der Waals surface area contributed by atoms with E-state index in [9.17, 15) is 4.79 Å². The molecule has 0 unspecified atom stereocenters. The van der Waals surface area contributed by atoms with Crippen LogP contribution in [0.2, 0.25) is 0 Å². The first-order valence-corrected chi connectivity index (χ1v) is 5.55. The van der Waals surface area contributed by atoms with Crippen LogP contribution in [-0.2, 0) is 13.0 Å². The number of aryl methyl sites for hydroxylation is 2. The quantitative estimate of drug-likeness (QED) is 0.882. The molecule has 90 valence electrons. The SMILES string of the molecule is CCc1oc(C(=O)O)cc1-c1ccnn1CC. The molecule has 0 aromatic carbocycles. The molecule has 5 heteroatoms. The van der Waals surface area contributed by atoms with E-state index >= 15 is 0 Å². The average molecular weight is 234 g/mol. The molecule has 0 aliphatic carbocycles. The van der Waals surface area contributed by atoms with Gasteiger partial charge < -0.3 is 9.52 Å². The molecule has 0 spiro atoms. The molecule has 2 heterocycles. The summed E-state index contributed by atoms with van der Waals surface area (Å²) in [6, 6.07) is 3.42. The highest BCUT2D eigenvalue weighted by molar-refractivity contribution is 5.86. The number of carboxylic acid groups (broad SMARTS) is 1. The smallest absolute Gasteiger partial charge is 0.371 e. The summed E-state index contributed by atoms with van der Waals surface area (Å²) in [4.78, 5) is 10.9. The maximum atomic E-state index is 10.9. The van der Waals surface area contributed by atoms with Gasteiger partial charge in [0.25, 0.3) is 0 Å². The number of carboxylic acids is 1. The number of rotatable bonds is 4. The van der Waals surface area contributed by atoms with Gasteiger partial charge in [0.15, 0.2) is 0 Å². The van der Waals surface area contributed by atoms with Gasteiger partial charge >= 0.3 is 5.97 Å². The Morgan fingerprint density at radius 1 is 1.53 bits per heavy atom. The number of nitrogens with zero attached hydrogens (tertiary/aromatic N) is 2. The van der Waals surface area contributed by atoms with Gasteiger partial charge in [-0.2, -0.15) is 5.10 Å². The fourth-order valence-corrected chi connectivity index (χ4v) is 1.83. The van der Waals surface area contributed by atoms with E-state index in [4.69, 9.17) is 9.52 Å². The summed E-state index contributed by atoms with van der Waals surface area (Å²) in [5, 5.41) is 13.1. The highest BCUT2D eigenvalue weighted by Gasteiger charge is 2.18. The van der Waals surface area contributed by atoms with Crippen molar-refractivity contribution < 1.29 is 14.3 Å². The molecule has 0 fully saturated rings. The first-order valence-electron chi connectivity index (χ1n) is 5.55. The van der Waals surface area contributed by atoms with Crippen molar-refractivity contribution in [2.45, 2.75) is 26.8 Å². The summed E-state index contributed by atoms with van der Waals surface area (Å²) in [7, 11) is 0. The Kier molecular flexibility index (Phi) is 2.99. The molecule has 5 nitrogen and oxygen atoms in total. The lowest BCUT2D eigenvalue weighted by Crippen LogP contribution is -1.99. The third kappa shape index (κ3) is 1.95. The largest absolute Gasteiger partial charge is 0.475 e. The zero-order valence-electron chi connectivity index (χ0n) is 9.80. The zero-order chi connectivity index (χ0) is 12.4. The molecule has 0 saturated carbocycles. The van der Waals surface area contributed by atoms with Gasteiger partial charge in [-0.3, -0.25) is 4.68 Å². The molecule has 0 amide bonds. The van der Waals surface area contributed by atoms with E-state index in [2.05, 4.69) is 5.10 Å². The molecule has 0 bridgehead atoms. The lowest BCUT2D eigenvalue weighted by atomic mass is 10.1. The van der Waals surface area contributed by atoms with Crippen LogP contribution in [0, 0.1) is 0 Å². The van der Waals surface area contributed by atoms with Crippen molar-refractivity contribution in [3.05, 3.63) is 29.9 Å². The van der Waals surface area contributed by atoms with Crippen molar-refractivity contribution in [3.63, 3.8) is 0 Å². The topological polar surface area (TPSA) is 68.3 Å². The summed E-state index contributed by atoms with van der Waals surface area (Å²) in [5.74, 6) is -0.396. The van der Waals surface area contributed by atoms with Gasteiger partial charge in [0.2, 0.25) is 5.76 Å². The highest BCUT2D eigenvalue weighted by atomic mass is 16.4. The number of hydrogen-bond donors (Lipinski definition) is 1. The molecule has 2 aromatic rings. The number of carbonyl (C=O) groups is 1. The van der Waals surface area contributed by atoms with Gasteiger partial charge in [0, 0.05) is 30.8 Å². The van der Waals surface area contributed by atoms with E-state index in [-0.39, 0.29) is 5.76 Å². The maximum Gasteiger partial charge on any atom is 0.371 e. The highest BCUT2D eigenvalue weighted by Crippen LogP contribution is 2.27. The monoisotopic (exact) mass is 234 g/mol. The average Bonchev–Trinajstić information content (AvgIpc) is 2.94. The molecule has 2 rings (SSSR count). The van der Waals surface area contributed by atoms with Crippen molar-refractivity contribution in [1.82, 2.24) is 9.78 Å². The van der Waals surface area contributed by atoms with E-state index < -0.39 is 5.97 Å². The number of furan rings is 1. The van der Waals surface area contributed by atoms with Crippen LogP contribution in [0.3, 0.4) is 0 Å². The predicted molar refractivity (Wildman–Crippen MR) is 61.9 cm³/mol. The molecule has 0 radical (unpaired) electrons. The molecule has 17 heavy (non-hydrogen) atoms. The minimum absolute atomic E-state index is 0.0271. The van der Waals surface area contributed by atoms with E-state index in [0.717, 1.165) is 17.8 Å². The Morgan fingerprint density at radius 3 is 2.88 bits per heavy atom. The number of hydrogen-bond acceptors (Lipinski definition) is 3. The Morgan fingerprint density at radius 2 is 2.29 bits per heavy atom. The molecular formula is C12H14N2O3. The first kappa shape index (κ1) is 11.4. The summed E-state index contributed by atoms with van der Waals surface area (Å²) in [6.45, 7) is 4.65. The van der Waals surface area contributed by atoms with Gasteiger partial charge in [0.05, 0.1) is 5.69 Å². The van der Waals surface area contributed by atoms with E-state index in [0.29, 0.717) is 12.2 Å². The van der Waals surface area contributed by atoms with Crippen molar-refractivity contribution in [2.75, 3.05) is 0 Å². The van der Waals surface area contributed by atoms with Crippen LogP contribution in [-0.4, -0.2) is 20.9 Å². The maximum absolute atomic E-state index is 10.9. The summed E-state index contributed by atoms with van der Waals surface area (Å²) >= 11 is 0. The summed E-state index contributed by atoms with van der Waals surface area (Å²) < 4.78 is 7.12. The van der Waals surface area contributed by atoms with Crippen LogP contribution in [0.4, 0.5) is 0 Å². The Balaban J connectivity index is 2.54. The third-order valence-corrected chi connectivity index (χ3v) is 2.63. The van der Waals surface area contributed by atoms with E-state index in [1.54, 1.807) is 12.3 Å². The van der Waals surface area contributed by atoms with Crippen LogP contribution in [0.1, 0.15) is 30.2 Å². The molecule has 0 atom stereocenters.